The first kappa shape index (κ1) is 30.1. The van der Waals surface area contributed by atoms with Crippen molar-refractivity contribution in [3.8, 4) is 17.3 Å². The van der Waals surface area contributed by atoms with Gasteiger partial charge in [-0.2, -0.15) is 23.1 Å². The summed E-state index contributed by atoms with van der Waals surface area (Å²) in [5.41, 5.74) is 3.34. The lowest BCUT2D eigenvalue weighted by molar-refractivity contribution is -0.137. The third-order valence-electron chi connectivity index (χ3n) is 10.6. The number of nitrogens with two attached hydrogens (primary N) is 1. The van der Waals surface area contributed by atoms with Gasteiger partial charge in [-0.15, -0.1) is 0 Å². The Bertz CT molecular complexity index is 1800. The van der Waals surface area contributed by atoms with E-state index in [2.05, 4.69) is 31.7 Å². The van der Waals surface area contributed by atoms with Gasteiger partial charge >= 0.3 is 12.2 Å². The highest BCUT2D eigenvalue weighted by Crippen LogP contribution is 2.51. The third kappa shape index (κ3) is 4.48. The number of benzene rings is 1. The molecule has 0 spiro atoms. The van der Waals surface area contributed by atoms with Crippen molar-refractivity contribution < 1.29 is 26.7 Å². The maximum Gasteiger partial charge on any atom is 0.418 e. The van der Waals surface area contributed by atoms with Crippen molar-refractivity contribution in [3.63, 3.8) is 0 Å². The van der Waals surface area contributed by atoms with Crippen LogP contribution in [0.25, 0.3) is 27.7 Å². The molecule has 5 atom stereocenters. The summed E-state index contributed by atoms with van der Waals surface area (Å²) in [7, 11) is 0. The Hall–Kier alpha value is -3.29. The fraction of sp³-hybridized carbons (Fsp3) is 0.531. The number of piperazine rings is 1. The standard InChI is InChI=1S/C32H33ClF5N7O/c1-14-8-19-18-5-4-17(40-18)12-45(19)29-22-21(14)25(33)23(27-24(32(36,37)38)15(2)9-20(39)41-27)26(35)28(22)42-30(43-29)46-13-31-6-3-7-44(31)11-16(34)10-31/h9,16-19,40H,1,3-8,10-13H2,2H3,(H2,39,41)/t16-,17-,18+,19+,31+/m1/s1. The van der Waals surface area contributed by atoms with Gasteiger partial charge in [0.25, 0.3) is 0 Å². The molecule has 3 aromatic rings. The number of fused-ring (bicyclic) bond motifs is 6. The molecule has 5 aliphatic rings. The minimum Gasteiger partial charge on any atom is -0.461 e. The first-order valence-electron chi connectivity index (χ1n) is 15.6. The van der Waals surface area contributed by atoms with Gasteiger partial charge in [0, 0.05) is 43.2 Å². The molecule has 14 heteroatoms. The second-order valence-electron chi connectivity index (χ2n) is 13.5. The number of ether oxygens (including phenoxy) is 1. The van der Waals surface area contributed by atoms with Crippen LogP contribution >= 0.6 is 11.6 Å². The lowest BCUT2D eigenvalue weighted by Crippen LogP contribution is -2.58. The first-order chi connectivity index (χ1) is 21.8. The maximum absolute atomic E-state index is 17.0. The van der Waals surface area contributed by atoms with Gasteiger partial charge < -0.3 is 20.7 Å². The molecule has 0 unspecified atom stereocenters. The van der Waals surface area contributed by atoms with Crippen LogP contribution < -0.4 is 20.7 Å². The highest BCUT2D eigenvalue weighted by atomic mass is 35.5. The van der Waals surface area contributed by atoms with Crippen LogP contribution in [0.5, 0.6) is 6.01 Å². The van der Waals surface area contributed by atoms with E-state index in [0.717, 1.165) is 38.3 Å². The van der Waals surface area contributed by atoms with E-state index in [4.69, 9.17) is 27.1 Å². The monoisotopic (exact) mass is 661 g/mol. The maximum atomic E-state index is 17.0. The molecule has 4 fully saturated rings. The molecule has 2 aromatic heterocycles. The molecule has 0 radical (unpaired) electrons. The van der Waals surface area contributed by atoms with Crippen LogP contribution in [0.15, 0.2) is 12.6 Å². The van der Waals surface area contributed by atoms with E-state index in [1.54, 1.807) is 0 Å². The zero-order valence-electron chi connectivity index (χ0n) is 25.2. The summed E-state index contributed by atoms with van der Waals surface area (Å²) in [6, 6.07) is 1.13. The SMILES string of the molecule is C=C1C[C@H]2[C@@H]3CC[C@H](CN2c2nc(OC[C@@]45CCCN4C[C@H](F)C5)nc4c(F)c(-c5nc(N)cc(C)c5C(F)(F)F)c(Cl)c1c24)N3. The Morgan fingerprint density at radius 3 is 2.78 bits per heavy atom. The molecular formula is C32H33ClF5N7O. The van der Waals surface area contributed by atoms with Crippen LogP contribution in [-0.4, -0.2) is 75.9 Å². The number of hydrogen-bond donors (Lipinski definition) is 2. The lowest BCUT2D eigenvalue weighted by atomic mass is 9.91. The van der Waals surface area contributed by atoms with Crippen LogP contribution in [0.4, 0.5) is 33.6 Å². The van der Waals surface area contributed by atoms with Gasteiger partial charge in [-0.3, -0.25) is 4.90 Å². The Balaban J connectivity index is 1.36. The minimum absolute atomic E-state index is 0.100. The van der Waals surface area contributed by atoms with Crippen LogP contribution in [0.2, 0.25) is 5.02 Å². The number of halogens is 6. The predicted molar refractivity (Wildman–Crippen MR) is 165 cm³/mol. The van der Waals surface area contributed by atoms with Crippen molar-refractivity contribution in [3.05, 3.63) is 40.2 Å². The average molecular weight is 662 g/mol. The van der Waals surface area contributed by atoms with Crippen LogP contribution in [0, 0.1) is 12.7 Å². The summed E-state index contributed by atoms with van der Waals surface area (Å²) >= 11 is 6.95. The zero-order chi connectivity index (χ0) is 32.3. The van der Waals surface area contributed by atoms with Crippen molar-refractivity contribution in [2.45, 2.75) is 81.5 Å². The number of nitrogens with one attached hydrogen (secondary N) is 1. The number of nitrogens with zero attached hydrogens (tertiary/aromatic N) is 5. The summed E-state index contributed by atoms with van der Waals surface area (Å²) < 4.78 is 81.2. The fourth-order valence-electron chi connectivity index (χ4n) is 8.70. The Labute approximate surface area is 267 Å². The van der Waals surface area contributed by atoms with Crippen LogP contribution in [0.3, 0.4) is 0 Å². The molecule has 8 rings (SSSR count). The number of aryl methyl sites for hydroxylation is 1. The molecule has 244 valence electrons. The van der Waals surface area contributed by atoms with E-state index in [1.165, 1.54) is 6.92 Å². The van der Waals surface area contributed by atoms with Crippen LogP contribution in [0.1, 0.15) is 55.2 Å². The van der Waals surface area contributed by atoms with Crippen molar-refractivity contribution in [2.24, 2.45) is 0 Å². The first-order valence-corrected chi connectivity index (χ1v) is 16.0. The van der Waals surface area contributed by atoms with E-state index in [9.17, 15) is 17.6 Å². The van der Waals surface area contributed by atoms with Crippen molar-refractivity contribution in [1.29, 1.82) is 0 Å². The molecule has 2 bridgehead atoms. The topological polar surface area (TPSA) is 92.4 Å². The predicted octanol–water partition coefficient (Wildman–Crippen LogP) is 6.08. The molecule has 0 amide bonds. The van der Waals surface area contributed by atoms with E-state index in [0.29, 0.717) is 37.3 Å². The van der Waals surface area contributed by atoms with E-state index < -0.39 is 40.5 Å². The summed E-state index contributed by atoms with van der Waals surface area (Å²) in [6.07, 6.45) is -1.59. The molecule has 1 aromatic carbocycles. The number of nitrogen functional groups attached to an aromatic ring is 1. The lowest BCUT2D eigenvalue weighted by Gasteiger charge is -2.41. The average Bonchev–Trinajstić information content (AvgIpc) is 3.61. The van der Waals surface area contributed by atoms with Gasteiger partial charge in [0.1, 0.15) is 29.9 Å². The quantitative estimate of drug-likeness (QED) is 0.326. The van der Waals surface area contributed by atoms with Gasteiger partial charge in [0.15, 0.2) is 5.82 Å². The highest BCUT2D eigenvalue weighted by Gasteiger charge is 2.50. The van der Waals surface area contributed by atoms with Crippen LogP contribution in [-0.2, 0) is 6.18 Å². The van der Waals surface area contributed by atoms with E-state index >= 15 is 4.39 Å². The second kappa shape index (κ2) is 10.4. The molecular weight excluding hydrogens is 629 g/mol. The molecule has 4 saturated heterocycles. The number of aromatic nitrogens is 3. The number of pyridine rings is 1. The van der Waals surface area contributed by atoms with E-state index in [1.807, 2.05) is 0 Å². The number of alkyl halides is 4. The fourth-order valence-corrected chi connectivity index (χ4v) is 9.10. The summed E-state index contributed by atoms with van der Waals surface area (Å²) in [5, 5.41) is 3.66. The largest absolute Gasteiger partial charge is 0.461 e. The summed E-state index contributed by atoms with van der Waals surface area (Å²) in [4.78, 5) is 17.5. The van der Waals surface area contributed by atoms with Gasteiger partial charge in [0.2, 0.25) is 0 Å². The zero-order valence-corrected chi connectivity index (χ0v) is 25.9. The number of rotatable bonds is 4. The highest BCUT2D eigenvalue weighted by molar-refractivity contribution is 6.37. The Kier molecular flexibility index (Phi) is 6.77. The minimum atomic E-state index is -4.88. The molecule has 46 heavy (non-hydrogen) atoms. The summed E-state index contributed by atoms with van der Waals surface area (Å²) in [6.45, 7) is 7.31. The van der Waals surface area contributed by atoms with Gasteiger partial charge in [0.05, 0.1) is 32.8 Å². The molecule has 7 heterocycles. The normalized spacial score (nSPS) is 28.9. The molecule has 0 saturated carbocycles. The Morgan fingerprint density at radius 1 is 1.20 bits per heavy atom. The Morgan fingerprint density at radius 2 is 2.00 bits per heavy atom. The third-order valence-corrected chi connectivity index (χ3v) is 11.0. The molecule has 5 aliphatic heterocycles. The molecule has 0 aliphatic carbocycles. The van der Waals surface area contributed by atoms with Gasteiger partial charge in [-0.25, -0.2) is 13.8 Å². The molecule has 3 N–H and O–H groups in total. The number of hydrogen-bond acceptors (Lipinski definition) is 8. The van der Waals surface area contributed by atoms with E-state index in [-0.39, 0.29) is 63.6 Å². The smallest absolute Gasteiger partial charge is 0.418 e. The van der Waals surface area contributed by atoms with Crippen molar-refractivity contribution in [1.82, 2.24) is 25.2 Å². The number of anilines is 2. The van der Waals surface area contributed by atoms with Gasteiger partial charge in [-0.05, 0) is 62.8 Å². The summed E-state index contributed by atoms with van der Waals surface area (Å²) in [5.74, 6) is -0.904. The second-order valence-corrected chi connectivity index (χ2v) is 13.8. The molecule has 8 nitrogen and oxygen atoms in total. The van der Waals surface area contributed by atoms with Crippen molar-refractivity contribution in [2.75, 3.05) is 36.9 Å². The van der Waals surface area contributed by atoms with Crippen molar-refractivity contribution >= 4 is 39.7 Å². The van der Waals surface area contributed by atoms with Gasteiger partial charge in [-0.1, -0.05) is 18.2 Å².